The highest BCUT2D eigenvalue weighted by Crippen LogP contribution is 2.28. The monoisotopic (exact) mass is 292 g/mol. The molecular formula is C9H9FN2O4S2. The first-order chi connectivity index (χ1) is 8.43. The van der Waals surface area contributed by atoms with Gasteiger partial charge in [-0.15, -0.1) is 11.8 Å². The molecule has 0 saturated carbocycles. The Hall–Kier alpha value is -1.19. The van der Waals surface area contributed by atoms with Crippen molar-refractivity contribution in [1.29, 1.82) is 0 Å². The summed E-state index contributed by atoms with van der Waals surface area (Å²) in [6.45, 7) is 0. The minimum absolute atomic E-state index is 0.0375. The quantitative estimate of drug-likeness (QED) is 0.866. The van der Waals surface area contributed by atoms with E-state index in [1.165, 1.54) is 11.8 Å². The van der Waals surface area contributed by atoms with Crippen LogP contribution >= 0.6 is 11.8 Å². The number of aromatic nitrogens is 1. The number of hydrogen-bond acceptors (Lipinski definition) is 5. The van der Waals surface area contributed by atoms with Gasteiger partial charge < -0.3 is 5.11 Å². The third-order valence-electron chi connectivity index (χ3n) is 2.41. The van der Waals surface area contributed by atoms with Gasteiger partial charge in [-0.2, -0.15) is 4.31 Å². The van der Waals surface area contributed by atoms with Crippen LogP contribution in [0.25, 0.3) is 0 Å². The zero-order chi connectivity index (χ0) is 13.3. The van der Waals surface area contributed by atoms with Crippen molar-refractivity contribution < 1.29 is 22.7 Å². The molecule has 0 bridgehead atoms. The maximum absolute atomic E-state index is 13.0. The van der Waals surface area contributed by atoms with Crippen LogP contribution in [0.5, 0.6) is 0 Å². The van der Waals surface area contributed by atoms with Crippen LogP contribution in [-0.2, 0) is 14.8 Å². The summed E-state index contributed by atoms with van der Waals surface area (Å²) in [5.74, 6) is -1.78. The fraction of sp³-hybridized carbons (Fsp3) is 0.333. The van der Waals surface area contributed by atoms with Gasteiger partial charge in [-0.1, -0.05) is 0 Å². The van der Waals surface area contributed by atoms with Crippen molar-refractivity contribution in [2.75, 3.05) is 11.6 Å². The number of carboxylic acids is 1. The summed E-state index contributed by atoms with van der Waals surface area (Å²) in [5, 5.41) is 8.94. The number of carboxylic acid groups (broad SMARTS) is 1. The van der Waals surface area contributed by atoms with E-state index in [0.717, 1.165) is 22.8 Å². The molecule has 0 aromatic carbocycles. The Morgan fingerprint density at radius 2 is 2.28 bits per heavy atom. The number of sulfonamides is 1. The van der Waals surface area contributed by atoms with Crippen LogP contribution in [0.4, 0.5) is 4.39 Å². The summed E-state index contributed by atoms with van der Waals surface area (Å²) < 4.78 is 38.1. The first-order valence-corrected chi connectivity index (χ1v) is 7.45. The third kappa shape index (κ3) is 2.33. The largest absolute Gasteiger partial charge is 0.480 e. The van der Waals surface area contributed by atoms with E-state index in [4.69, 9.17) is 5.11 Å². The number of aliphatic carboxylic acids is 1. The van der Waals surface area contributed by atoms with Gasteiger partial charge in [0.25, 0.3) is 0 Å². The molecule has 9 heteroatoms. The number of nitrogens with zero attached hydrogens (tertiary/aromatic N) is 2. The van der Waals surface area contributed by atoms with E-state index in [-0.39, 0.29) is 16.5 Å². The fourth-order valence-electron chi connectivity index (χ4n) is 1.53. The molecular weight excluding hydrogens is 283 g/mol. The molecule has 98 valence electrons. The molecule has 2 heterocycles. The average molecular weight is 292 g/mol. The summed E-state index contributed by atoms with van der Waals surface area (Å²) >= 11 is 1.20. The first kappa shape index (κ1) is 13.2. The summed E-state index contributed by atoms with van der Waals surface area (Å²) in [6, 6.07) is -0.298. The van der Waals surface area contributed by atoms with E-state index in [1.807, 2.05) is 0 Å². The third-order valence-corrected chi connectivity index (χ3v) is 5.41. The first-order valence-electron chi connectivity index (χ1n) is 4.86. The van der Waals surface area contributed by atoms with E-state index in [9.17, 15) is 17.6 Å². The average Bonchev–Trinajstić information content (AvgIpc) is 2.78. The Kier molecular flexibility index (Phi) is 3.55. The summed E-state index contributed by atoms with van der Waals surface area (Å²) in [7, 11) is -4.03. The number of rotatable bonds is 3. The SMILES string of the molecule is O=C(O)C1CSCN1S(=O)(=O)c1cncc(F)c1. The number of halogens is 1. The van der Waals surface area contributed by atoms with Gasteiger partial charge in [0.05, 0.1) is 12.1 Å². The molecule has 18 heavy (non-hydrogen) atoms. The Morgan fingerprint density at radius 1 is 1.56 bits per heavy atom. The molecule has 6 nitrogen and oxygen atoms in total. The normalized spacial score (nSPS) is 21.1. The minimum Gasteiger partial charge on any atom is -0.480 e. The molecule has 0 radical (unpaired) electrons. The molecule has 1 aliphatic heterocycles. The van der Waals surface area contributed by atoms with Crippen LogP contribution < -0.4 is 0 Å². The molecule has 1 aliphatic rings. The molecule has 1 aromatic heterocycles. The van der Waals surface area contributed by atoms with Crippen LogP contribution in [0.3, 0.4) is 0 Å². The highest BCUT2D eigenvalue weighted by molar-refractivity contribution is 8.00. The van der Waals surface area contributed by atoms with Crippen molar-refractivity contribution in [3.8, 4) is 0 Å². The van der Waals surface area contributed by atoms with Gasteiger partial charge in [-0.3, -0.25) is 9.78 Å². The molecule has 2 rings (SSSR count). The maximum atomic E-state index is 13.0. The van der Waals surface area contributed by atoms with Crippen molar-refractivity contribution in [1.82, 2.24) is 9.29 Å². The predicted molar refractivity (Wildman–Crippen MR) is 62.0 cm³/mol. The van der Waals surface area contributed by atoms with Crippen LogP contribution in [0.1, 0.15) is 0 Å². The molecule has 1 N–H and O–H groups in total. The van der Waals surface area contributed by atoms with Crippen LogP contribution in [0.15, 0.2) is 23.4 Å². The molecule has 1 saturated heterocycles. The lowest BCUT2D eigenvalue weighted by atomic mass is 10.4. The Labute approximate surface area is 107 Å². The van der Waals surface area contributed by atoms with Gasteiger partial charge >= 0.3 is 5.97 Å². The second-order valence-corrected chi connectivity index (χ2v) is 6.48. The lowest BCUT2D eigenvalue weighted by Crippen LogP contribution is -2.41. The smallest absolute Gasteiger partial charge is 0.322 e. The molecule has 0 spiro atoms. The van der Waals surface area contributed by atoms with Crippen molar-refractivity contribution in [3.63, 3.8) is 0 Å². The molecule has 1 fully saturated rings. The van der Waals surface area contributed by atoms with Crippen LogP contribution in [-0.4, -0.2) is 46.5 Å². The number of hydrogen-bond donors (Lipinski definition) is 1. The highest BCUT2D eigenvalue weighted by Gasteiger charge is 2.40. The van der Waals surface area contributed by atoms with Crippen LogP contribution in [0, 0.1) is 5.82 Å². The van der Waals surface area contributed by atoms with Gasteiger partial charge in [0.1, 0.15) is 16.8 Å². The second kappa shape index (κ2) is 4.82. The topological polar surface area (TPSA) is 87.6 Å². The van der Waals surface area contributed by atoms with Gasteiger partial charge in [-0.05, 0) is 6.07 Å². The van der Waals surface area contributed by atoms with E-state index < -0.39 is 27.9 Å². The lowest BCUT2D eigenvalue weighted by Gasteiger charge is -2.19. The molecule has 1 unspecified atom stereocenters. The Bertz CT molecular complexity index is 578. The summed E-state index contributed by atoms with van der Waals surface area (Å²) in [5.41, 5.74) is 0. The number of pyridine rings is 1. The Balaban J connectivity index is 2.40. The Morgan fingerprint density at radius 3 is 2.89 bits per heavy atom. The predicted octanol–water partition coefficient (Wildman–Crippen LogP) is 0.369. The van der Waals surface area contributed by atoms with E-state index in [1.54, 1.807) is 0 Å². The number of carbonyl (C=O) groups is 1. The van der Waals surface area contributed by atoms with E-state index in [2.05, 4.69) is 4.98 Å². The highest BCUT2D eigenvalue weighted by atomic mass is 32.2. The van der Waals surface area contributed by atoms with Gasteiger partial charge in [-0.25, -0.2) is 12.8 Å². The summed E-state index contributed by atoms with van der Waals surface area (Å²) in [6.07, 6.45) is 1.88. The van der Waals surface area contributed by atoms with Gasteiger partial charge in [0.15, 0.2) is 0 Å². The second-order valence-electron chi connectivity index (χ2n) is 3.58. The van der Waals surface area contributed by atoms with Crippen molar-refractivity contribution in [2.24, 2.45) is 0 Å². The van der Waals surface area contributed by atoms with Gasteiger partial charge in [0, 0.05) is 11.9 Å². The van der Waals surface area contributed by atoms with Gasteiger partial charge in [0.2, 0.25) is 10.0 Å². The molecule has 0 amide bonds. The minimum atomic E-state index is -4.03. The van der Waals surface area contributed by atoms with E-state index >= 15 is 0 Å². The number of thioether (sulfide) groups is 1. The van der Waals surface area contributed by atoms with E-state index in [0.29, 0.717) is 0 Å². The standard InChI is InChI=1S/C9H9FN2O4S2/c10-6-1-7(3-11-2-6)18(15,16)12-5-17-4-8(12)9(13)14/h1-3,8H,4-5H2,(H,13,14). The summed E-state index contributed by atoms with van der Waals surface area (Å²) in [4.78, 5) is 14.1. The van der Waals surface area contributed by atoms with Crippen molar-refractivity contribution in [2.45, 2.75) is 10.9 Å². The maximum Gasteiger partial charge on any atom is 0.322 e. The zero-order valence-electron chi connectivity index (χ0n) is 8.98. The fourth-order valence-corrected chi connectivity index (χ4v) is 4.64. The lowest BCUT2D eigenvalue weighted by molar-refractivity contribution is -0.140. The van der Waals surface area contributed by atoms with Crippen molar-refractivity contribution in [3.05, 3.63) is 24.3 Å². The molecule has 0 aliphatic carbocycles. The zero-order valence-corrected chi connectivity index (χ0v) is 10.6. The molecule has 1 atom stereocenters. The van der Waals surface area contributed by atoms with Crippen LogP contribution in [0.2, 0.25) is 0 Å². The van der Waals surface area contributed by atoms with Crippen molar-refractivity contribution >= 4 is 27.8 Å². The molecule has 1 aromatic rings.